The van der Waals surface area contributed by atoms with Gasteiger partial charge in [-0.2, -0.15) is 0 Å². The molecule has 0 bridgehead atoms. The van der Waals surface area contributed by atoms with Crippen molar-refractivity contribution in [2.45, 2.75) is 18.7 Å². The van der Waals surface area contributed by atoms with Gasteiger partial charge in [0.25, 0.3) is 6.43 Å². The first-order chi connectivity index (χ1) is 7.47. The maximum atomic E-state index is 13.1. The summed E-state index contributed by atoms with van der Waals surface area (Å²) in [6.07, 6.45) is -3.21. The number of hydrogen-bond acceptors (Lipinski definition) is 2. The second-order valence-corrected chi connectivity index (χ2v) is 3.22. The second-order valence-electron chi connectivity index (χ2n) is 2.95. The molecule has 0 aliphatic carbocycles. The van der Waals surface area contributed by atoms with Gasteiger partial charge < -0.3 is 5.11 Å². The number of pyridine rings is 1. The Morgan fingerprint density at radius 3 is 2.62 bits per heavy atom. The highest BCUT2D eigenvalue weighted by atomic mass is 35.5. The Labute approximate surface area is 93.9 Å². The van der Waals surface area contributed by atoms with Gasteiger partial charge in [-0.25, -0.2) is 13.2 Å². The number of carbonyl (C=O) groups is 1. The Balaban J connectivity index is 3.36. The molecule has 0 aromatic carbocycles. The number of halogens is 4. The molecule has 1 N–H and O–H groups in total. The molecule has 1 aromatic heterocycles. The van der Waals surface area contributed by atoms with Crippen molar-refractivity contribution in [3.8, 4) is 0 Å². The molecule has 1 rings (SSSR count). The molecule has 0 saturated heterocycles. The van der Waals surface area contributed by atoms with E-state index in [0.29, 0.717) is 6.20 Å². The minimum atomic E-state index is -3.10. The summed E-state index contributed by atoms with van der Waals surface area (Å²) in [6.45, 7) is 0. The molecule has 0 radical (unpaired) electrons. The van der Waals surface area contributed by atoms with Gasteiger partial charge in [-0.3, -0.25) is 9.78 Å². The standard InChI is InChI=1S/C9H7ClF3NO2/c10-2-6-4(1-7(15)16)8(9(12)13)5(11)3-14-6/h3,9H,1-2H2,(H,15,16). The molecular weight excluding hydrogens is 247 g/mol. The molecule has 1 aromatic rings. The van der Waals surface area contributed by atoms with Crippen LogP contribution in [0, 0.1) is 5.82 Å². The number of nitrogens with zero attached hydrogens (tertiary/aromatic N) is 1. The van der Waals surface area contributed by atoms with Crippen molar-refractivity contribution in [2.75, 3.05) is 0 Å². The number of alkyl halides is 3. The highest BCUT2D eigenvalue weighted by Crippen LogP contribution is 2.28. The fourth-order valence-corrected chi connectivity index (χ4v) is 1.51. The predicted octanol–water partition coefficient (Wildman–Crippen LogP) is 2.52. The molecular formula is C9H7ClF3NO2. The number of aliphatic carboxylic acids is 1. The van der Waals surface area contributed by atoms with E-state index in [-0.39, 0.29) is 17.1 Å². The van der Waals surface area contributed by atoms with Gasteiger partial charge in [0.05, 0.1) is 29.8 Å². The third kappa shape index (κ3) is 2.63. The summed E-state index contributed by atoms with van der Waals surface area (Å²) in [4.78, 5) is 14.0. The fraction of sp³-hybridized carbons (Fsp3) is 0.333. The predicted molar refractivity (Wildman–Crippen MR) is 50.0 cm³/mol. The first-order valence-electron chi connectivity index (χ1n) is 4.19. The Bertz CT molecular complexity index is 412. The Kier molecular flexibility index (Phi) is 4.12. The van der Waals surface area contributed by atoms with Crippen molar-refractivity contribution >= 4 is 17.6 Å². The fourth-order valence-electron chi connectivity index (χ4n) is 1.28. The lowest BCUT2D eigenvalue weighted by atomic mass is 10.0. The summed E-state index contributed by atoms with van der Waals surface area (Å²) in [5, 5.41) is 8.55. The summed E-state index contributed by atoms with van der Waals surface area (Å²) in [7, 11) is 0. The van der Waals surface area contributed by atoms with Crippen molar-refractivity contribution in [3.05, 3.63) is 28.8 Å². The van der Waals surface area contributed by atoms with Crippen LogP contribution >= 0.6 is 11.6 Å². The normalized spacial score (nSPS) is 10.8. The zero-order chi connectivity index (χ0) is 12.3. The summed E-state index contributed by atoms with van der Waals surface area (Å²) in [6, 6.07) is 0. The molecule has 3 nitrogen and oxygen atoms in total. The Morgan fingerprint density at radius 1 is 1.56 bits per heavy atom. The van der Waals surface area contributed by atoms with E-state index in [4.69, 9.17) is 16.7 Å². The zero-order valence-corrected chi connectivity index (χ0v) is 8.64. The monoisotopic (exact) mass is 253 g/mol. The smallest absolute Gasteiger partial charge is 0.307 e. The lowest BCUT2D eigenvalue weighted by Gasteiger charge is -2.11. The van der Waals surface area contributed by atoms with E-state index in [1.165, 1.54) is 0 Å². The molecule has 0 aliphatic heterocycles. The van der Waals surface area contributed by atoms with Crippen LogP contribution in [0.1, 0.15) is 23.2 Å². The van der Waals surface area contributed by atoms with Crippen molar-refractivity contribution in [1.29, 1.82) is 0 Å². The maximum Gasteiger partial charge on any atom is 0.307 e. The first-order valence-corrected chi connectivity index (χ1v) is 4.72. The van der Waals surface area contributed by atoms with Gasteiger partial charge in [0.2, 0.25) is 0 Å². The first kappa shape index (κ1) is 12.8. The number of rotatable bonds is 4. The van der Waals surface area contributed by atoms with Crippen LogP contribution in [0.2, 0.25) is 0 Å². The molecule has 0 saturated carbocycles. The maximum absolute atomic E-state index is 13.1. The summed E-state index contributed by atoms with van der Waals surface area (Å²) < 4.78 is 38.2. The van der Waals surface area contributed by atoms with Crippen LogP contribution in [0.3, 0.4) is 0 Å². The van der Waals surface area contributed by atoms with Crippen molar-refractivity contribution in [3.63, 3.8) is 0 Å². The molecule has 0 fully saturated rings. The van der Waals surface area contributed by atoms with Crippen LogP contribution in [-0.2, 0) is 17.1 Å². The lowest BCUT2D eigenvalue weighted by molar-refractivity contribution is -0.136. The molecule has 7 heteroatoms. The third-order valence-electron chi connectivity index (χ3n) is 1.94. The van der Waals surface area contributed by atoms with Gasteiger partial charge in [-0.15, -0.1) is 11.6 Å². The van der Waals surface area contributed by atoms with Crippen LogP contribution in [0.15, 0.2) is 6.20 Å². The Morgan fingerprint density at radius 2 is 2.19 bits per heavy atom. The van der Waals surface area contributed by atoms with Gasteiger partial charge in [-0.1, -0.05) is 0 Å². The van der Waals surface area contributed by atoms with Gasteiger partial charge in [-0.05, 0) is 5.56 Å². The van der Waals surface area contributed by atoms with Crippen molar-refractivity contribution in [2.24, 2.45) is 0 Å². The van der Waals surface area contributed by atoms with Crippen LogP contribution in [-0.4, -0.2) is 16.1 Å². The van der Waals surface area contributed by atoms with E-state index in [9.17, 15) is 18.0 Å². The van der Waals surface area contributed by atoms with Gasteiger partial charge in [0.15, 0.2) is 5.82 Å². The molecule has 16 heavy (non-hydrogen) atoms. The van der Waals surface area contributed by atoms with Crippen LogP contribution in [0.4, 0.5) is 13.2 Å². The van der Waals surface area contributed by atoms with E-state index in [2.05, 4.69) is 4.98 Å². The second kappa shape index (κ2) is 5.16. The van der Waals surface area contributed by atoms with E-state index in [0.717, 1.165) is 0 Å². The number of carboxylic acid groups (broad SMARTS) is 1. The minimum Gasteiger partial charge on any atom is -0.481 e. The number of aromatic nitrogens is 1. The lowest BCUT2D eigenvalue weighted by Crippen LogP contribution is -2.10. The van der Waals surface area contributed by atoms with Crippen LogP contribution in [0.25, 0.3) is 0 Å². The van der Waals surface area contributed by atoms with Crippen LogP contribution in [0.5, 0.6) is 0 Å². The summed E-state index contributed by atoms with van der Waals surface area (Å²) in [5.41, 5.74) is -1.33. The SMILES string of the molecule is O=C(O)Cc1c(CCl)ncc(F)c1C(F)F. The summed E-state index contributed by atoms with van der Waals surface area (Å²) in [5.74, 6) is -2.82. The van der Waals surface area contributed by atoms with Crippen LogP contribution < -0.4 is 0 Å². The third-order valence-corrected chi connectivity index (χ3v) is 2.19. The highest BCUT2D eigenvalue weighted by Gasteiger charge is 2.23. The highest BCUT2D eigenvalue weighted by molar-refractivity contribution is 6.17. The largest absolute Gasteiger partial charge is 0.481 e. The molecule has 0 atom stereocenters. The average Bonchev–Trinajstić information content (AvgIpc) is 2.16. The topological polar surface area (TPSA) is 50.2 Å². The molecule has 1 heterocycles. The van der Waals surface area contributed by atoms with Crippen molar-refractivity contribution in [1.82, 2.24) is 4.98 Å². The molecule has 88 valence electrons. The zero-order valence-electron chi connectivity index (χ0n) is 7.88. The molecule has 0 unspecified atom stereocenters. The van der Waals surface area contributed by atoms with Crippen molar-refractivity contribution < 1.29 is 23.1 Å². The molecule has 0 amide bonds. The summed E-state index contributed by atoms with van der Waals surface area (Å²) >= 11 is 5.42. The van der Waals surface area contributed by atoms with E-state index >= 15 is 0 Å². The molecule has 0 spiro atoms. The van der Waals surface area contributed by atoms with E-state index in [1.54, 1.807) is 0 Å². The van der Waals surface area contributed by atoms with E-state index < -0.39 is 30.2 Å². The number of carboxylic acids is 1. The minimum absolute atomic E-state index is 0.0410. The van der Waals surface area contributed by atoms with Gasteiger partial charge in [0, 0.05) is 0 Å². The van der Waals surface area contributed by atoms with Gasteiger partial charge in [0.1, 0.15) is 0 Å². The van der Waals surface area contributed by atoms with E-state index in [1.807, 2.05) is 0 Å². The van der Waals surface area contributed by atoms with Gasteiger partial charge >= 0.3 is 5.97 Å². The quantitative estimate of drug-likeness (QED) is 0.839. The Hall–Kier alpha value is -1.30. The number of hydrogen-bond donors (Lipinski definition) is 1. The average molecular weight is 254 g/mol. The molecule has 0 aliphatic rings.